The van der Waals surface area contributed by atoms with Gasteiger partial charge in [-0.1, -0.05) is 13.8 Å². The first kappa shape index (κ1) is 15.3. The number of alkyl halides is 3. The zero-order valence-corrected chi connectivity index (χ0v) is 10.8. The predicted molar refractivity (Wildman–Crippen MR) is 63.4 cm³/mol. The van der Waals surface area contributed by atoms with Gasteiger partial charge in [0, 0.05) is 0 Å². The van der Waals surface area contributed by atoms with E-state index < -0.39 is 24.5 Å². The van der Waals surface area contributed by atoms with Crippen molar-refractivity contribution in [1.82, 2.24) is 0 Å². The highest BCUT2D eigenvalue weighted by Gasteiger charge is 2.42. The highest BCUT2D eigenvalue weighted by Crippen LogP contribution is 2.32. The van der Waals surface area contributed by atoms with Gasteiger partial charge in [0.1, 0.15) is 11.8 Å². The number of hydrogen-bond acceptors (Lipinski definition) is 2. The molecule has 0 amide bonds. The molecule has 18 heavy (non-hydrogen) atoms. The van der Waals surface area contributed by atoms with Gasteiger partial charge in [-0.3, -0.25) is 5.41 Å². The first-order valence-corrected chi connectivity index (χ1v) is 6.24. The van der Waals surface area contributed by atoms with Gasteiger partial charge in [0.15, 0.2) is 0 Å². The molecule has 0 spiro atoms. The van der Waals surface area contributed by atoms with E-state index in [0.29, 0.717) is 11.8 Å². The van der Waals surface area contributed by atoms with Crippen LogP contribution in [0.4, 0.5) is 13.2 Å². The molecule has 3 N–H and O–H groups in total. The summed E-state index contributed by atoms with van der Waals surface area (Å²) < 4.78 is 43.0. The summed E-state index contributed by atoms with van der Waals surface area (Å²) in [6, 6.07) is 0. The maximum atomic E-state index is 12.6. The number of amidine groups is 1. The van der Waals surface area contributed by atoms with E-state index in [0.717, 1.165) is 19.3 Å². The minimum atomic E-state index is -4.50. The molecule has 1 saturated carbocycles. The first-order valence-electron chi connectivity index (χ1n) is 6.24. The van der Waals surface area contributed by atoms with Crippen LogP contribution in [-0.2, 0) is 4.74 Å². The van der Waals surface area contributed by atoms with Crippen LogP contribution in [0.25, 0.3) is 0 Å². The average Bonchev–Trinajstić information content (AvgIpc) is 2.21. The van der Waals surface area contributed by atoms with Gasteiger partial charge in [-0.2, -0.15) is 13.2 Å². The summed E-state index contributed by atoms with van der Waals surface area (Å²) in [4.78, 5) is 0. The minimum Gasteiger partial charge on any atom is -0.387 e. The monoisotopic (exact) mass is 266 g/mol. The van der Waals surface area contributed by atoms with Gasteiger partial charge in [0.2, 0.25) is 0 Å². The molecule has 0 aromatic heterocycles. The van der Waals surface area contributed by atoms with E-state index in [2.05, 4.69) is 13.8 Å². The summed E-state index contributed by atoms with van der Waals surface area (Å²) in [5.74, 6) is -1.80. The normalized spacial score (nSPS) is 31.1. The van der Waals surface area contributed by atoms with Gasteiger partial charge in [-0.15, -0.1) is 0 Å². The Labute approximate surface area is 105 Å². The topological polar surface area (TPSA) is 59.1 Å². The third kappa shape index (κ3) is 4.15. The summed E-state index contributed by atoms with van der Waals surface area (Å²) in [6.45, 7) is 3.70. The van der Waals surface area contributed by atoms with E-state index in [-0.39, 0.29) is 6.10 Å². The zero-order valence-electron chi connectivity index (χ0n) is 10.8. The average molecular weight is 266 g/mol. The van der Waals surface area contributed by atoms with Crippen LogP contribution >= 0.6 is 0 Å². The van der Waals surface area contributed by atoms with Crippen LogP contribution < -0.4 is 5.73 Å². The zero-order chi connectivity index (χ0) is 13.9. The third-order valence-electron chi connectivity index (χ3n) is 3.82. The fraction of sp³-hybridized carbons (Fsp3) is 0.917. The lowest BCUT2D eigenvalue weighted by molar-refractivity contribution is -0.174. The van der Waals surface area contributed by atoms with Gasteiger partial charge in [-0.05, 0) is 31.1 Å². The molecule has 4 unspecified atom stereocenters. The van der Waals surface area contributed by atoms with E-state index in [9.17, 15) is 13.2 Å². The molecule has 1 aliphatic carbocycles. The highest BCUT2D eigenvalue weighted by molar-refractivity contribution is 5.80. The molecule has 1 rings (SSSR count). The van der Waals surface area contributed by atoms with Gasteiger partial charge < -0.3 is 10.5 Å². The lowest BCUT2D eigenvalue weighted by Gasteiger charge is -2.33. The van der Waals surface area contributed by atoms with Crippen LogP contribution in [0.3, 0.4) is 0 Å². The first-order chi connectivity index (χ1) is 8.21. The second-order valence-electron chi connectivity index (χ2n) is 5.27. The highest BCUT2D eigenvalue weighted by atomic mass is 19.4. The second-order valence-corrected chi connectivity index (χ2v) is 5.27. The van der Waals surface area contributed by atoms with Crippen molar-refractivity contribution in [3.8, 4) is 0 Å². The molecule has 0 heterocycles. The van der Waals surface area contributed by atoms with Crippen molar-refractivity contribution in [3.63, 3.8) is 0 Å². The van der Waals surface area contributed by atoms with Crippen LogP contribution in [-0.4, -0.2) is 24.7 Å². The van der Waals surface area contributed by atoms with Crippen LogP contribution in [0.15, 0.2) is 0 Å². The summed E-state index contributed by atoms with van der Waals surface area (Å²) in [7, 11) is 0. The van der Waals surface area contributed by atoms with Crippen molar-refractivity contribution in [2.75, 3.05) is 6.61 Å². The van der Waals surface area contributed by atoms with Crippen LogP contribution in [0.1, 0.15) is 33.1 Å². The Morgan fingerprint density at radius 3 is 2.39 bits per heavy atom. The summed E-state index contributed by atoms with van der Waals surface area (Å²) in [5, 5.41) is 6.97. The molecule has 1 fully saturated rings. The standard InChI is InChI=1S/C12H21F3N2O/c1-7-3-4-9(5-8(7)2)18-6-10(11(16)17)12(13,14)15/h7-10H,3-6H2,1-2H3,(H3,16,17). The number of hydrogen-bond donors (Lipinski definition) is 2. The Bertz CT molecular complexity index is 294. The molecule has 3 nitrogen and oxygen atoms in total. The fourth-order valence-electron chi connectivity index (χ4n) is 2.24. The molecule has 0 aromatic rings. The Morgan fingerprint density at radius 1 is 1.33 bits per heavy atom. The molecular formula is C12H21F3N2O. The van der Waals surface area contributed by atoms with Crippen molar-refractivity contribution in [2.45, 2.75) is 45.4 Å². The predicted octanol–water partition coefficient (Wildman–Crippen LogP) is 2.94. The Kier molecular flexibility index (Phi) is 5.01. The van der Waals surface area contributed by atoms with Gasteiger partial charge in [-0.25, -0.2) is 0 Å². The lowest BCUT2D eigenvalue weighted by atomic mass is 9.80. The SMILES string of the molecule is CC1CCC(OCC(C(=N)N)C(F)(F)F)CC1C. The van der Waals surface area contributed by atoms with E-state index >= 15 is 0 Å². The Morgan fingerprint density at radius 2 is 1.94 bits per heavy atom. The summed E-state index contributed by atoms with van der Waals surface area (Å²) in [5.41, 5.74) is 4.97. The second kappa shape index (κ2) is 5.91. The maximum Gasteiger partial charge on any atom is 0.400 e. The number of nitrogens with two attached hydrogens (primary N) is 1. The molecule has 0 aromatic carbocycles. The van der Waals surface area contributed by atoms with Crippen LogP contribution in [0.5, 0.6) is 0 Å². The van der Waals surface area contributed by atoms with Gasteiger partial charge in [0.25, 0.3) is 0 Å². The lowest BCUT2D eigenvalue weighted by Crippen LogP contribution is -2.40. The van der Waals surface area contributed by atoms with Crippen molar-refractivity contribution in [1.29, 1.82) is 5.41 Å². The summed E-state index contributed by atoms with van der Waals surface area (Å²) in [6.07, 6.45) is -2.10. The van der Waals surface area contributed by atoms with Crippen molar-refractivity contribution >= 4 is 5.84 Å². The Balaban J connectivity index is 2.46. The van der Waals surface area contributed by atoms with E-state index in [1.165, 1.54) is 0 Å². The number of halogens is 3. The molecule has 0 radical (unpaired) electrons. The molecule has 1 aliphatic rings. The minimum absolute atomic E-state index is 0.139. The van der Waals surface area contributed by atoms with Gasteiger partial charge in [0.05, 0.1) is 12.7 Å². The molecule has 106 valence electrons. The summed E-state index contributed by atoms with van der Waals surface area (Å²) >= 11 is 0. The van der Waals surface area contributed by atoms with Crippen molar-refractivity contribution < 1.29 is 17.9 Å². The van der Waals surface area contributed by atoms with Gasteiger partial charge >= 0.3 is 6.18 Å². The molecule has 6 heteroatoms. The number of ether oxygens (including phenoxy) is 1. The largest absolute Gasteiger partial charge is 0.400 e. The molecule has 4 atom stereocenters. The number of nitrogens with one attached hydrogen (secondary N) is 1. The quantitative estimate of drug-likeness (QED) is 0.607. The number of rotatable bonds is 4. The molecular weight excluding hydrogens is 245 g/mol. The van der Waals surface area contributed by atoms with Crippen molar-refractivity contribution in [3.05, 3.63) is 0 Å². The van der Waals surface area contributed by atoms with E-state index in [1.54, 1.807) is 0 Å². The smallest absolute Gasteiger partial charge is 0.387 e. The fourth-order valence-corrected chi connectivity index (χ4v) is 2.24. The Hall–Kier alpha value is -0.780. The van der Waals surface area contributed by atoms with Crippen molar-refractivity contribution in [2.24, 2.45) is 23.5 Å². The van der Waals surface area contributed by atoms with Crippen LogP contribution in [0, 0.1) is 23.2 Å². The molecule has 0 bridgehead atoms. The third-order valence-corrected chi connectivity index (χ3v) is 3.82. The van der Waals surface area contributed by atoms with E-state index in [4.69, 9.17) is 15.9 Å². The maximum absolute atomic E-state index is 12.6. The van der Waals surface area contributed by atoms with E-state index in [1.807, 2.05) is 0 Å². The molecule has 0 aliphatic heterocycles. The van der Waals surface area contributed by atoms with Crippen LogP contribution in [0.2, 0.25) is 0 Å². The molecule has 0 saturated heterocycles.